The average molecular weight is 375 g/mol. The predicted molar refractivity (Wildman–Crippen MR) is 94.2 cm³/mol. The van der Waals surface area contributed by atoms with Crippen molar-refractivity contribution >= 4 is 17.9 Å². The van der Waals surface area contributed by atoms with Crippen molar-refractivity contribution in [3.63, 3.8) is 0 Å². The van der Waals surface area contributed by atoms with Crippen LogP contribution >= 0.6 is 0 Å². The molecule has 9 nitrogen and oxygen atoms in total. The summed E-state index contributed by atoms with van der Waals surface area (Å²) in [6.07, 6.45) is -1.16. The van der Waals surface area contributed by atoms with E-state index in [1.165, 1.54) is 20.0 Å². The molecule has 2 rings (SSSR count). The molecule has 2 aromatic rings. The monoisotopic (exact) mass is 375 g/mol. The van der Waals surface area contributed by atoms with Crippen molar-refractivity contribution in [2.24, 2.45) is 0 Å². The number of nitrogens with one attached hydrogen (secondary N) is 2. The molecule has 0 saturated carbocycles. The maximum atomic E-state index is 12.4. The smallest absolute Gasteiger partial charge is 0.342 e. The van der Waals surface area contributed by atoms with Crippen LogP contribution in [0, 0.1) is 13.8 Å². The van der Waals surface area contributed by atoms with Gasteiger partial charge in [-0.2, -0.15) is 0 Å². The molecule has 1 aromatic carbocycles. The number of ether oxygens (including phenoxy) is 2. The van der Waals surface area contributed by atoms with Crippen LogP contribution in [0.4, 0.5) is 4.79 Å². The van der Waals surface area contributed by atoms with Crippen LogP contribution in [0.5, 0.6) is 5.75 Å². The van der Waals surface area contributed by atoms with Crippen LogP contribution in [-0.2, 0) is 16.1 Å². The second kappa shape index (κ2) is 8.84. The van der Waals surface area contributed by atoms with Crippen LogP contribution in [0.1, 0.15) is 34.3 Å². The first-order chi connectivity index (χ1) is 12.8. The number of hydrogen-bond donors (Lipinski definition) is 2. The van der Waals surface area contributed by atoms with Crippen molar-refractivity contribution in [1.29, 1.82) is 0 Å². The number of aryl methyl sites for hydroxylation is 2. The van der Waals surface area contributed by atoms with E-state index in [1.54, 1.807) is 32.0 Å². The minimum absolute atomic E-state index is 0.156. The van der Waals surface area contributed by atoms with E-state index in [0.29, 0.717) is 17.2 Å². The Hall–Kier alpha value is -3.36. The van der Waals surface area contributed by atoms with Gasteiger partial charge in [-0.3, -0.25) is 10.1 Å². The normalized spacial score (nSPS) is 11.4. The third-order valence-electron chi connectivity index (χ3n) is 3.78. The molecule has 0 fully saturated rings. The van der Waals surface area contributed by atoms with Gasteiger partial charge in [0.15, 0.2) is 6.10 Å². The number of aromatic nitrogens is 1. The van der Waals surface area contributed by atoms with Gasteiger partial charge in [0.25, 0.3) is 5.91 Å². The van der Waals surface area contributed by atoms with Crippen LogP contribution in [0.15, 0.2) is 28.8 Å². The van der Waals surface area contributed by atoms with E-state index < -0.39 is 24.0 Å². The molecule has 0 aliphatic carbocycles. The van der Waals surface area contributed by atoms with Crippen molar-refractivity contribution in [2.75, 3.05) is 7.05 Å². The number of carbonyl (C=O) groups excluding carboxylic acids is 3. The minimum atomic E-state index is -1.16. The molecule has 1 atom stereocenters. The molecule has 1 heterocycles. The van der Waals surface area contributed by atoms with Gasteiger partial charge in [0.2, 0.25) is 0 Å². The molecule has 9 heteroatoms. The standard InChI is InChI=1S/C18H21N3O6/c1-10-14(11(2)27-21-10)9-25-15-8-6-5-7-13(15)17(23)26-12(3)16(22)20-18(24)19-4/h5-8,12H,9H2,1-4H3,(H2,19,20,22,24)/t12-/m0/s1. The molecule has 0 unspecified atom stereocenters. The van der Waals surface area contributed by atoms with Gasteiger partial charge in [-0.15, -0.1) is 0 Å². The van der Waals surface area contributed by atoms with Gasteiger partial charge in [-0.1, -0.05) is 17.3 Å². The van der Waals surface area contributed by atoms with Gasteiger partial charge in [-0.05, 0) is 32.9 Å². The molecule has 0 aliphatic rings. The number of rotatable bonds is 6. The van der Waals surface area contributed by atoms with Crippen LogP contribution < -0.4 is 15.4 Å². The van der Waals surface area contributed by atoms with Gasteiger partial charge < -0.3 is 19.3 Å². The van der Waals surface area contributed by atoms with Crippen molar-refractivity contribution < 1.29 is 28.4 Å². The fourth-order valence-corrected chi connectivity index (χ4v) is 2.17. The number of hydrogen-bond acceptors (Lipinski definition) is 7. The summed E-state index contributed by atoms with van der Waals surface area (Å²) >= 11 is 0. The van der Waals surface area contributed by atoms with E-state index in [0.717, 1.165) is 5.56 Å². The van der Waals surface area contributed by atoms with Crippen molar-refractivity contribution in [3.8, 4) is 5.75 Å². The van der Waals surface area contributed by atoms with Gasteiger partial charge in [0.05, 0.1) is 11.3 Å². The second-order valence-electron chi connectivity index (χ2n) is 5.70. The highest BCUT2D eigenvalue weighted by Crippen LogP contribution is 2.22. The van der Waals surface area contributed by atoms with Crippen molar-refractivity contribution in [3.05, 3.63) is 46.8 Å². The highest BCUT2D eigenvalue weighted by atomic mass is 16.5. The molecule has 144 valence electrons. The Morgan fingerprint density at radius 2 is 1.93 bits per heavy atom. The highest BCUT2D eigenvalue weighted by Gasteiger charge is 2.22. The number of imide groups is 1. The first kappa shape index (κ1) is 20.0. The lowest BCUT2D eigenvalue weighted by Crippen LogP contribution is -2.43. The quantitative estimate of drug-likeness (QED) is 0.740. The topological polar surface area (TPSA) is 120 Å². The number of para-hydroxylation sites is 1. The van der Waals surface area contributed by atoms with E-state index in [4.69, 9.17) is 14.0 Å². The summed E-state index contributed by atoms with van der Waals surface area (Å²) in [5.74, 6) is -0.561. The molecule has 0 radical (unpaired) electrons. The van der Waals surface area contributed by atoms with Crippen molar-refractivity contribution in [1.82, 2.24) is 15.8 Å². The summed E-state index contributed by atoms with van der Waals surface area (Å²) in [7, 11) is 1.37. The Balaban J connectivity index is 2.06. The van der Waals surface area contributed by atoms with E-state index in [-0.39, 0.29) is 12.2 Å². The summed E-state index contributed by atoms with van der Waals surface area (Å²) in [4.78, 5) is 35.4. The van der Waals surface area contributed by atoms with Gasteiger partial charge in [0, 0.05) is 7.05 Å². The summed E-state index contributed by atoms with van der Waals surface area (Å²) in [5.41, 5.74) is 1.65. The molecule has 0 bridgehead atoms. The Morgan fingerprint density at radius 1 is 1.22 bits per heavy atom. The van der Waals surface area contributed by atoms with Crippen LogP contribution in [0.25, 0.3) is 0 Å². The summed E-state index contributed by atoms with van der Waals surface area (Å²) in [6.45, 7) is 5.09. The highest BCUT2D eigenvalue weighted by molar-refractivity contribution is 5.99. The summed E-state index contributed by atoms with van der Waals surface area (Å²) in [6, 6.07) is 5.81. The number of urea groups is 1. The van der Waals surface area contributed by atoms with Gasteiger partial charge >= 0.3 is 12.0 Å². The van der Waals surface area contributed by atoms with E-state index in [2.05, 4.69) is 10.5 Å². The Labute approximate surface area is 156 Å². The Morgan fingerprint density at radius 3 is 2.56 bits per heavy atom. The van der Waals surface area contributed by atoms with E-state index in [1.807, 2.05) is 5.32 Å². The van der Waals surface area contributed by atoms with Crippen LogP contribution in [0.2, 0.25) is 0 Å². The van der Waals surface area contributed by atoms with Crippen LogP contribution in [0.3, 0.4) is 0 Å². The van der Waals surface area contributed by atoms with E-state index >= 15 is 0 Å². The molecule has 2 N–H and O–H groups in total. The SMILES string of the molecule is CNC(=O)NC(=O)[C@H](C)OC(=O)c1ccccc1OCc1c(C)noc1C. The number of nitrogens with zero attached hydrogens (tertiary/aromatic N) is 1. The zero-order valence-corrected chi connectivity index (χ0v) is 15.5. The molecule has 3 amide bonds. The largest absolute Gasteiger partial charge is 0.488 e. The number of amides is 3. The van der Waals surface area contributed by atoms with Gasteiger partial charge in [0.1, 0.15) is 23.7 Å². The molecule has 27 heavy (non-hydrogen) atoms. The fraction of sp³-hybridized carbons (Fsp3) is 0.333. The minimum Gasteiger partial charge on any atom is -0.488 e. The summed E-state index contributed by atoms with van der Waals surface area (Å²) in [5, 5.41) is 8.13. The Kier molecular flexibility index (Phi) is 6.53. The lowest BCUT2D eigenvalue weighted by Gasteiger charge is -2.15. The molecule has 0 spiro atoms. The average Bonchev–Trinajstić information content (AvgIpc) is 2.97. The first-order valence-electron chi connectivity index (χ1n) is 8.20. The molecule has 0 aliphatic heterocycles. The zero-order valence-electron chi connectivity index (χ0n) is 15.5. The fourth-order valence-electron chi connectivity index (χ4n) is 2.17. The lowest BCUT2D eigenvalue weighted by atomic mass is 10.2. The Bertz CT molecular complexity index is 826. The number of esters is 1. The number of benzene rings is 1. The molecular weight excluding hydrogens is 354 g/mol. The maximum Gasteiger partial charge on any atom is 0.342 e. The first-order valence-corrected chi connectivity index (χ1v) is 8.20. The third kappa shape index (κ3) is 5.06. The second-order valence-corrected chi connectivity index (χ2v) is 5.70. The molecule has 1 aromatic heterocycles. The third-order valence-corrected chi connectivity index (χ3v) is 3.78. The predicted octanol–water partition coefficient (Wildman–Crippen LogP) is 1.87. The summed E-state index contributed by atoms with van der Waals surface area (Å²) < 4.78 is 15.9. The lowest BCUT2D eigenvalue weighted by molar-refractivity contribution is -0.127. The molecular formula is C18H21N3O6. The maximum absolute atomic E-state index is 12.4. The molecule has 0 saturated heterocycles. The zero-order chi connectivity index (χ0) is 20.0. The van der Waals surface area contributed by atoms with Crippen LogP contribution in [-0.4, -0.2) is 36.2 Å². The number of carbonyl (C=O) groups is 3. The van der Waals surface area contributed by atoms with Crippen molar-refractivity contribution in [2.45, 2.75) is 33.5 Å². The van der Waals surface area contributed by atoms with Gasteiger partial charge in [-0.25, -0.2) is 9.59 Å². The van der Waals surface area contributed by atoms with E-state index in [9.17, 15) is 14.4 Å².